The summed E-state index contributed by atoms with van der Waals surface area (Å²) in [6.45, 7) is 1.21. The number of carbonyl (C=O) groups is 2. The highest BCUT2D eigenvalue weighted by Gasteiger charge is 2.31. The molecule has 0 saturated carbocycles. The molecule has 0 radical (unpaired) electrons. The van der Waals surface area contributed by atoms with E-state index in [4.69, 9.17) is 23.2 Å². The number of carbonyl (C=O) groups excluding carboxylic acids is 2. The van der Waals surface area contributed by atoms with Crippen LogP contribution in [-0.2, 0) is 26.2 Å². The Labute approximate surface area is 197 Å². The second-order valence-electron chi connectivity index (χ2n) is 7.05. The number of halogens is 3. The molecule has 0 aromatic heterocycles. The van der Waals surface area contributed by atoms with Crippen molar-refractivity contribution in [2.45, 2.75) is 25.9 Å². The van der Waals surface area contributed by atoms with Crippen LogP contribution >= 0.6 is 23.2 Å². The summed E-state index contributed by atoms with van der Waals surface area (Å²) in [4.78, 5) is 27.1. The lowest BCUT2D eigenvalue weighted by molar-refractivity contribution is -0.140. The van der Waals surface area contributed by atoms with Crippen molar-refractivity contribution in [2.75, 3.05) is 24.2 Å². The Morgan fingerprint density at radius 3 is 2.25 bits per heavy atom. The first-order valence-electron chi connectivity index (χ1n) is 9.66. The van der Waals surface area contributed by atoms with E-state index in [1.807, 2.05) is 0 Å². The van der Waals surface area contributed by atoms with E-state index in [1.165, 1.54) is 18.0 Å². The summed E-state index contributed by atoms with van der Waals surface area (Å²) in [5, 5.41) is 2.77. The van der Waals surface area contributed by atoms with Crippen LogP contribution in [0, 0.1) is 5.82 Å². The van der Waals surface area contributed by atoms with Gasteiger partial charge >= 0.3 is 0 Å². The predicted molar refractivity (Wildman–Crippen MR) is 124 cm³/mol. The summed E-state index contributed by atoms with van der Waals surface area (Å²) in [6.07, 6.45) is 1.23. The van der Waals surface area contributed by atoms with Crippen LogP contribution in [0.1, 0.15) is 18.9 Å². The summed E-state index contributed by atoms with van der Waals surface area (Å²) in [5.74, 6) is -1.71. The number of likely N-dealkylation sites (N-methyl/N-ethyl adjacent to an activating group) is 1. The second-order valence-corrected chi connectivity index (χ2v) is 9.80. The number of anilines is 1. The summed E-state index contributed by atoms with van der Waals surface area (Å²) < 4.78 is 39.3. The number of nitrogens with one attached hydrogen (secondary N) is 1. The molecule has 1 unspecified atom stereocenters. The minimum Gasteiger partial charge on any atom is -0.357 e. The molecule has 0 fully saturated rings. The second kappa shape index (κ2) is 11.0. The van der Waals surface area contributed by atoms with Crippen LogP contribution in [-0.4, -0.2) is 51.0 Å². The Bertz CT molecular complexity index is 1080. The van der Waals surface area contributed by atoms with Crippen molar-refractivity contribution in [3.05, 3.63) is 63.9 Å². The van der Waals surface area contributed by atoms with E-state index in [-0.39, 0.29) is 23.2 Å². The van der Waals surface area contributed by atoms with Crippen LogP contribution in [0.2, 0.25) is 10.0 Å². The molecule has 0 aliphatic heterocycles. The number of amides is 2. The highest BCUT2D eigenvalue weighted by Crippen LogP contribution is 2.25. The molecule has 174 valence electrons. The van der Waals surface area contributed by atoms with Crippen LogP contribution < -0.4 is 9.62 Å². The van der Waals surface area contributed by atoms with Crippen molar-refractivity contribution < 1.29 is 22.4 Å². The van der Waals surface area contributed by atoms with Gasteiger partial charge in [-0.05, 0) is 42.3 Å². The van der Waals surface area contributed by atoms with E-state index in [2.05, 4.69) is 5.32 Å². The molecule has 2 amide bonds. The third kappa shape index (κ3) is 6.57. The van der Waals surface area contributed by atoms with Gasteiger partial charge in [0.2, 0.25) is 21.8 Å². The van der Waals surface area contributed by atoms with Gasteiger partial charge in [-0.25, -0.2) is 12.8 Å². The summed E-state index contributed by atoms with van der Waals surface area (Å²) in [7, 11) is -2.47. The number of rotatable bonds is 9. The fourth-order valence-electron chi connectivity index (χ4n) is 3.13. The van der Waals surface area contributed by atoms with Crippen LogP contribution in [0.15, 0.2) is 42.5 Å². The van der Waals surface area contributed by atoms with Crippen molar-refractivity contribution in [2.24, 2.45) is 0 Å². The molecule has 0 saturated heterocycles. The van der Waals surface area contributed by atoms with Crippen LogP contribution in [0.4, 0.5) is 10.1 Å². The van der Waals surface area contributed by atoms with Crippen LogP contribution in [0.25, 0.3) is 0 Å². The first-order chi connectivity index (χ1) is 15.0. The van der Waals surface area contributed by atoms with E-state index in [0.717, 1.165) is 22.7 Å². The minimum atomic E-state index is -3.93. The van der Waals surface area contributed by atoms with Gasteiger partial charge in [-0.2, -0.15) is 0 Å². The van der Waals surface area contributed by atoms with Crippen molar-refractivity contribution in [1.29, 1.82) is 0 Å². The Morgan fingerprint density at radius 2 is 1.75 bits per heavy atom. The molecular formula is C21H24Cl2FN3O4S. The van der Waals surface area contributed by atoms with Crippen LogP contribution in [0.3, 0.4) is 0 Å². The van der Waals surface area contributed by atoms with Crippen molar-refractivity contribution in [1.82, 2.24) is 10.2 Å². The Balaban J connectivity index is 2.43. The fourth-order valence-corrected chi connectivity index (χ4v) is 4.27. The van der Waals surface area contributed by atoms with E-state index >= 15 is 0 Å². The summed E-state index contributed by atoms with van der Waals surface area (Å²) in [6, 6.07) is 9.28. The van der Waals surface area contributed by atoms with Gasteiger partial charge in [-0.3, -0.25) is 13.9 Å². The van der Waals surface area contributed by atoms with Gasteiger partial charge in [0.15, 0.2) is 0 Å². The van der Waals surface area contributed by atoms with Gasteiger partial charge in [-0.15, -0.1) is 0 Å². The minimum absolute atomic E-state index is 0.0340. The molecule has 0 aliphatic rings. The molecule has 1 atom stereocenters. The van der Waals surface area contributed by atoms with E-state index in [1.54, 1.807) is 31.2 Å². The van der Waals surface area contributed by atoms with Crippen molar-refractivity contribution in [3.8, 4) is 0 Å². The number of benzene rings is 2. The van der Waals surface area contributed by atoms with Crippen molar-refractivity contribution >= 4 is 50.7 Å². The van der Waals surface area contributed by atoms with Crippen LogP contribution in [0.5, 0.6) is 0 Å². The molecule has 2 rings (SSSR count). The third-order valence-electron chi connectivity index (χ3n) is 4.77. The van der Waals surface area contributed by atoms with Gasteiger partial charge in [0.25, 0.3) is 0 Å². The Kier molecular flexibility index (Phi) is 8.89. The molecule has 0 bridgehead atoms. The monoisotopic (exact) mass is 503 g/mol. The first-order valence-corrected chi connectivity index (χ1v) is 12.3. The highest BCUT2D eigenvalue weighted by atomic mass is 35.5. The maximum Gasteiger partial charge on any atom is 0.244 e. The molecular weight excluding hydrogens is 480 g/mol. The molecule has 1 N–H and O–H groups in total. The smallest absolute Gasteiger partial charge is 0.244 e. The maximum atomic E-state index is 13.6. The lowest BCUT2D eigenvalue weighted by atomic mass is 10.1. The molecule has 0 spiro atoms. The third-order valence-corrected chi connectivity index (χ3v) is 6.45. The first kappa shape index (κ1) is 25.9. The molecule has 0 heterocycles. The lowest BCUT2D eigenvalue weighted by Crippen LogP contribution is -2.51. The number of sulfonamides is 1. The number of nitrogens with zero attached hydrogens (tertiary/aromatic N) is 2. The molecule has 0 aliphatic carbocycles. The molecule has 7 nitrogen and oxygen atoms in total. The van der Waals surface area contributed by atoms with Gasteiger partial charge in [0, 0.05) is 18.6 Å². The molecule has 2 aromatic rings. The SMILES string of the molecule is CCC(C(=O)NC)N(Cc1ccc(Cl)cc1)C(=O)CN(c1ccc(F)c(Cl)c1)S(C)(=O)=O. The molecule has 32 heavy (non-hydrogen) atoms. The van der Waals surface area contributed by atoms with Crippen molar-refractivity contribution in [3.63, 3.8) is 0 Å². The normalized spacial score (nSPS) is 12.2. The van der Waals surface area contributed by atoms with Gasteiger partial charge in [0.1, 0.15) is 18.4 Å². The topological polar surface area (TPSA) is 86.8 Å². The van der Waals surface area contributed by atoms with Gasteiger partial charge in [-0.1, -0.05) is 42.3 Å². The highest BCUT2D eigenvalue weighted by molar-refractivity contribution is 7.92. The van der Waals surface area contributed by atoms with E-state index < -0.39 is 34.3 Å². The quantitative estimate of drug-likeness (QED) is 0.567. The molecule has 2 aromatic carbocycles. The number of hydrogen-bond acceptors (Lipinski definition) is 4. The summed E-state index contributed by atoms with van der Waals surface area (Å²) in [5.41, 5.74) is 0.743. The average Bonchev–Trinajstić information content (AvgIpc) is 2.74. The zero-order valence-electron chi connectivity index (χ0n) is 17.8. The van der Waals surface area contributed by atoms with E-state index in [0.29, 0.717) is 17.0 Å². The average molecular weight is 504 g/mol. The zero-order chi connectivity index (χ0) is 24.1. The Morgan fingerprint density at radius 1 is 1.12 bits per heavy atom. The largest absolute Gasteiger partial charge is 0.357 e. The predicted octanol–water partition coefficient (Wildman–Crippen LogP) is 3.45. The summed E-state index contributed by atoms with van der Waals surface area (Å²) >= 11 is 11.7. The lowest BCUT2D eigenvalue weighted by Gasteiger charge is -2.32. The number of hydrogen-bond donors (Lipinski definition) is 1. The van der Waals surface area contributed by atoms with Gasteiger partial charge in [0.05, 0.1) is 17.0 Å². The van der Waals surface area contributed by atoms with Gasteiger partial charge < -0.3 is 10.2 Å². The maximum absolute atomic E-state index is 13.6. The standard InChI is InChI=1S/C21H24Cl2FN3O4S/c1-4-19(21(29)25-2)26(12-14-5-7-15(22)8-6-14)20(28)13-27(32(3,30)31)16-9-10-18(24)17(23)11-16/h5-11,19H,4,12-13H2,1-3H3,(H,25,29). The molecule has 11 heteroatoms. The van der Waals surface area contributed by atoms with E-state index in [9.17, 15) is 22.4 Å². The Hall–Kier alpha value is -2.36. The fraction of sp³-hybridized carbons (Fsp3) is 0.333. The zero-order valence-corrected chi connectivity index (χ0v) is 20.1.